The number of carbonyl (C=O) groups excluding carboxylic acids is 2. The van der Waals surface area contributed by atoms with Crippen molar-refractivity contribution >= 4 is 28.9 Å². The minimum absolute atomic E-state index is 0.115. The second-order valence-electron chi connectivity index (χ2n) is 4.06. The first-order valence-corrected chi connectivity index (χ1v) is 6.51. The highest BCUT2D eigenvalue weighted by atomic mass is 32.1. The van der Waals surface area contributed by atoms with Crippen LogP contribution in [0.4, 0.5) is 5.69 Å². The molecule has 0 saturated heterocycles. The highest BCUT2D eigenvalue weighted by Crippen LogP contribution is 2.28. The van der Waals surface area contributed by atoms with Crippen LogP contribution in [-0.2, 0) is 9.53 Å². The normalized spacial score (nSPS) is 12.0. The van der Waals surface area contributed by atoms with E-state index in [0.717, 1.165) is 5.56 Å². The number of aryl methyl sites for hydroxylation is 1. The summed E-state index contributed by atoms with van der Waals surface area (Å²) >= 11 is 1.27. The number of amides is 1. The number of ether oxygens (including phenoxy) is 1. The van der Waals surface area contributed by atoms with Crippen molar-refractivity contribution in [3.8, 4) is 0 Å². The number of thiophene rings is 1. The summed E-state index contributed by atoms with van der Waals surface area (Å²) in [5.41, 5.74) is 1.42. The lowest BCUT2D eigenvalue weighted by Crippen LogP contribution is -2.29. The van der Waals surface area contributed by atoms with Gasteiger partial charge in [-0.25, -0.2) is 4.79 Å². The number of carbonyl (C=O) groups is 2. The third kappa shape index (κ3) is 3.30. The SMILES string of the molecule is CNCC(C)C(=O)Nc1c(C)csc1C(=O)OC. The Morgan fingerprint density at radius 1 is 1.50 bits per heavy atom. The van der Waals surface area contributed by atoms with Gasteiger partial charge >= 0.3 is 5.97 Å². The van der Waals surface area contributed by atoms with Gasteiger partial charge in [-0.3, -0.25) is 4.79 Å². The molecule has 0 bridgehead atoms. The van der Waals surface area contributed by atoms with Crippen molar-refractivity contribution in [1.82, 2.24) is 5.32 Å². The summed E-state index contributed by atoms with van der Waals surface area (Å²) in [5.74, 6) is -0.708. The van der Waals surface area contributed by atoms with E-state index in [-0.39, 0.29) is 11.8 Å². The van der Waals surface area contributed by atoms with Crippen LogP contribution in [0.1, 0.15) is 22.2 Å². The summed E-state index contributed by atoms with van der Waals surface area (Å²) in [7, 11) is 3.12. The Morgan fingerprint density at radius 2 is 2.17 bits per heavy atom. The van der Waals surface area contributed by atoms with Gasteiger partial charge in [0.15, 0.2) is 0 Å². The van der Waals surface area contributed by atoms with Crippen LogP contribution in [0.2, 0.25) is 0 Å². The molecule has 1 unspecified atom stereocenters. The van der Waals surface area contributed by atoms with Crippen LogP contribution in [0.5, 0.6) is 0 Å². The third-order valence-electron chi connectivity index (χ3n) is 2.55. The van der Waals surface area contributed by atoms with Gasteiger partial charge in [0.2, 0.25) is 5.91 Å². The number of anilines is 1. The molecular weight excluding hydrogens is 252 g/mol. The predicted octanol–water partition coefficient (Wildman–Crippen LogP) is 1.64. The molecule has 5 nitrogen and oxygen atoms in total. The van der Waals surface area contributed by atoms with Gasteiger partial charge in [-0.05, 0) is 24.9 Å². The summed E-state index contributed by atoms with van der Waals surface area (Å²) < 4.78 is 4.69. The topological polar surface area (TPSA) is 67.4 Å². The molecule has 1 atom stereocenters. The van der Waals surface area contributed by atoms with Crippen molar-refractivity contribution in [2.45, 2.75) is 13.8 Å². The van der Waals surface area contributed by atoms with Gasteiger partial charge in [-0.1, -0.05) is 6.92 Å². The molecule has 0 spiro atoms. The van der Waals surface area contributed by atoms with Crippen LogP contribution in [0.3, 0.4) is 0 Å². The van der Waals surface area contributed by atoms with E-state index < -0.39 is 5.97 Å². The van der Waals surface area contributed by atoms with E-state index in [4.69, 9.17) is 0 Å². The van der Waals surface area contributed by atoms with Crippen molar-refractivity contribution < 1.29 is 14.3 Å². The zero-order valence-corrected chi connectivity index (χ0v) is 11.8. The quantitative estimate of drug-likeness (QED) is 0.798. The lowest BCUT2D eigenvalue weighted by Gasteiger charge is -2.12. The van der Waals surface area contributed by atoms with Crippen molar-refractivity contribution in [3.05, 3.63) is 15.8 Å². The van der Waals surface area contributed by atoms with Crippen LogP contribution < -0.4 is 10.6 Å². The lowest BCUT2D eigenvalue weighted by atomic mass is 10.1. The van der Waals surface area contributed by atoms with Crippen LogP contribution in [0, 0.1) is 12.8 Å². The van der Waals surface area contributed by atoms with E-state index in [1.165, 1.54) is 18.4 Å². The number of hydrogen-bond donors (Lipinski definition) is 2. The van der Waals surface area contributed by atoms with Crippen molar-refractivity contribution in [1.29, 1.82) is 0 Å². The molecule has 100 valence electrons. The second-order valence-corrected chi connectivity index (χ2v) is 4.94. The largest absolute Gasteiger partial charge is 0.465 e. The van der Waals surface area contributed by atoms with E-state index in [1.54, 1.807) is 7.05 Å². The zero-order chi connectivity index (χ0) is 13.7. The number of nitrogens with one attached hydrogen (secondary N) is 2. The highest BCUT2D eigenvalue weighted by Gasteiger charge is 2.20. The Bertz CT molecular complexity index is 443. The van der Waals surface area contributed by atoms with Gasteiger partial charge in [0.05, 0.1) is 12.8 Å². The number of methoxy groups -OCH3 is 1. The second kappa shape index (κ2) is 6.51. The van der Waals surface area contributed by atoms with E-state index in [9.17, 15) is 9.59 Å². The smallest absolute Gasteiger partial charge is 0.350 e. The molecule has 0 aromatic carbocycles. The van der Waals surface area contributed by atoms with Gasteiger partial charge in [-0.15, -0.1) is 11.3 Å². The van der Waals surface area contributed by atoms with Crippen LogP contribution >= 0.6 is 11.3 Å². The van der Waals surface area contributed by atoms with Gasteiger partial charge in [-0.2, -0.15) is 0 Å². The lowest BCUT2D eigenvalue weighted by molar-refractivity contribution is -0.119. The molecule has 0 aliphatic heterocycles. The molecular formula is C12H18N2O3S. The molecule has 1 aromatic heterocycles. The maximum Gasteiger partial charge on any atom is 0.350 e. The van der Waals surface area contributed by atoms with E-state index in [2.05, 4.69) is 15.4 Å². The van der Waals surface area contributed by atoms with Crippen molar-refractivity contribution in [2.24, 2.45) is 5.92 Å². The predicted molar refractivity (Wildman–Crippen MR) is 72.1 cm³/mol. The van der Waals surface area contributed by atoms with Gasteiger partial charge in [0, 0.05) is 12.5 Å². The molecule has 1 heterocycles. The number of hydrogen-bond acceptors (Lipinski definition) is 5. The Kier molecular flexibility index (Phi) is 5.30. The van der Waals surface area contributed by atoms with E-state index in [0.29, 0.717) is 17.1 Å². The highest BCUT2D eigenvalue weighted by molar-refractivity contribution is 7.12. The molecule has 0 saturated carbocycles. The van der Waals surface area contributed by atoms with Gasteiger partial charge < -0.3 is 15.4 Å². The number of rotatable bonds is 5. The first-order chi connectivity index (χ1) is 8.51. The van der Waals surface area contributed by atoms with Crippen LogP contribution in [-0.4, -0.2) is 32.6 Å². The first-order valence-electron chi connectivity index (χ1n) is 5.63. The average molecular weight is 270 g/mol. The summed E-state index contributed by atoms with van der Waals surface area (Å²) in [5, 5.41) is 7.55. The molecule has 18 heavy (non-hydrogen) atoms. The third-order valence-corrected chi connectivity index (χ3v) is 3.63. The molecule has 1 aromatic rings. The van der Waals surface area contributed by atoms with Crippen molar-refractivity contribution in [3.63, 3.8) is 0 Å². The molecule has 0 fully saturated rings. The molecule has 1 rings (SSSR count). The molecule has 6 heteroatoms. The van der Waals surface area contributed by atoms with E-state index in [1.807, 2.05) is 19.2 Å². The molecule has 0 radical (unpaired) electrons. The molecule has 0 aliphatic carbocycles. The fourth-order valence-corrected chi connectivity index (χ4v) is 2.41. The standard InChI is InChI=1S/C12H18N2O3S/c1-7(5-13-3)11(15)14-9-8(2)6-18-10(9)12(16)17-4/h6-7,13H,5H2,1-4H3,(H,14,15). The molecule has 0 aliphatic rings. The first kappa shape index (κ1) is 14.7. The van der Waals surface area contributed by atoms with Gasteiger partial charge in [0.1, 0.15) is 4.88 Å². The summed E-state index contributed by atoms with van der Waals surface area (Å²) in [6.07, 6.45) is 0. The zero-order valence-electron chi connectivity index (χ0n) is 11.0. The summed E-state index contributed by atoms with van der Waals surface area (Å²) in [6.45, 7) is 4.26. The van der Waals surface area contributed by atoms with E-state index >= 15 is 0 Å². The van der Waals surface area contributed by atoms with Gasteiger partial charge in [0.25, 0.3) is 0 Å². The Labute approximate surface area is 111 Å². The summed E-state index contributed by atoms with van der Waals surface area (Å²) in [4.78, 5) is 23.9. The molecule has 1 amide bonds. The Morgan fingerprint density at radius 3 is 2.72 bits per heavy atom. The Balaban J connectivity index is 2.87. The Hall–Kier alpha value is -1.40. The van der Waals surface area contributed by atoms with Crippen LogP contribution in [0.25, 0.3) is 0 Å². The average Bonchev–Trinajstić information content (AvgIpc) is 2.70. The van der Waals surface area contributed by atoms with Crippen molar-refractivity contribution in [2.75, 3.05) is 26.0 Å². The fourth-order valence-electron chi connectivity index (χ4n) is 1.49. The maximum atomic E-state index is 11.9. The van der Waals surface area contributed by atoms with Crippen LogP contribution in [0.15, 0.2) is 5.38 Å². The number of esters is 1. The summed E-state index contributed by atoms with van der Waals surface area (Å²) in [6, 6.07) is 0. The minimum atomic E-state index is -0.426. The maximum absolute atomic E-state index is 11.9. The monoisotopic (exact) mass is 270 g/mol. The molecule has 2 N–H and O–H groups in total. The minimum Gasteiger partial charge on any atom is -0.465 e. The fraction of sp³-hybridized carbons (Fsp3) is 0.500.